The van der Waals surface area contributed by atoms with Crippen LogP contribution in [0.4, 0.5) is 0 Å². The zero-order valence-corrected chi connectivity index (χ0v) is 10.5. The summed E-state index contributed by atoms with van der Waals surface area (Å²) < 4.78 is 4.60. The normalized spacial score (nSPS) is 10.4. The van der Waals surface area contributed by atoms with E-state index in [2.05, 4.69) is 4.74 Å². The number of carbonyl (C=O) groups excluding carboxylic acids is 2. The van der Waals surface area contributed by atoms with E-state index in [1.165, 1.54) is 7.11 Å². The maximum absolute atomic E-state index is 12.0. The molecule has 1 aromatic carbocycles. The SMILES string of the molecule is CCC(CC)C(=O)c1ccc(C(=O)OC)cc1. The van der Waals surface area contributed by atoms with Gasteiger partial charge in [0.05, 0.1) is 12.7 Å². The Balaban J connectivity index is 2.87. The van der Waals surface area contributed by atoms with Crippen molar-refractivity contribution in [1.82, 2.24) is 0 Å². The predicted octanol–water partition coefficient (Wildman–Crippen LogP) is 3.09. The second-order valence-electron chi connectivity index (χ2n) is 3.95. The third kappa shape index (κ3) is 3.16. The van der Waals surface area contributed by atoms with E-state index in [4.69, 9.17) is 0 Å². The van der Waals surface area contributed by atoms with Gasteiger partial charge in [-0.2, -0.15) is 0 Å². The van der Waals surface area contributed by atoms with E-state index in [0.717, 1.165) is 12.8 Å². The average Bonchev–Trinajstić information content (AvgIpc) is 2.39. The summed E-state index contributed by atoms with van der Waals surface area (Å²) >= 11 is 0. The van der Waals surface area contributed by atoms with E-state index in [9.17, 15) is 9.59 Å². The minimum Gasteiger partial charge on any atom is -0.465 e. The number of benzene rings is 1. The molecule has 0 aromatic heterocycles. The summed E-state index contributed by atoms with van der Waals surface area (Å²) in [7, 11) is 1.34. The number of ketones is 1. The first kappa shape index (κ1) is 13.4. The number of methoxy groups -OCH3 is 1. The first-order valence-corrected chi connectivity index (χ1v) is 5.86. The summed E-state index contributed by atoms with van der Waals surface area (Å²) in [5.41, 5.74) is 1.12. The molecule has 3 nitrogen and oxygen atoms in total. The first-order chi connectivity index (χ1) is 8.13. The summed E-state index contributed by atoms with van der Waals surface area (Å²) in [5.74, 6) is -0.170. The quantitative estimate of drug-likeness (QED) is 0.581. The number of Topliss-reactive ketones (excluding diaryl/α,β-unsaturated/α-hetero) is 1. The largest absolute Gasteiger partial charge is 0.465 e. The Kier molecular flexibility index (Phi) is 4.88. The van der Waals surface area contributed by atoms with Crippen LogP contribution in [-0.4, -0.2) is 18.9 Å². The van der Waals surface area contributed by atoms with Gasteiger partial charge in [0, 0.05) is 11.5 Å². The maximum Gasteiger partial charge on any atom is 0.337 e. The molecule has 1 aromatic rings. The van der Waals surface area contributed by atoms with Crippen LogP contribution in [0.5, 0.6) is 0 Å². The van der Waals surface area contributed by atoms with Gasteiger partial charge in [-0.25, -0.2) is 4.79 Å². The molecule has 17 heavy (non-hydrogen) atoms. The van der Waals surface area contributed by atoms with E-state index in [0.29, 0.717) is 11.1 Å². The number of ether oxygens (including phenoxy) is 1. The van der Waals surface area contributed by atoms with Crippen LogP contribution in [0.2, 0.25) is 0 Å². The highest BCUT2D eigenvalue weighted by molar-refractivity contribution is 5.99. The van der Waals surface area contributed by atoms with Gasteiger partial charge in [-0.05, 0) is 25.0 Å². The van der Waals surface area contributed by atoms with Crippen molar-refractivity contribution < 1.29 is 14.3 Å². The summed E-state index contributed by atoms with van der Waals surface area (Å²) in [4.78, 5) is 23.3. The Morgan fingerprint density at radius 1 is 1.06 bits per heavy atom. The molecule has 1 rings (SSSR count). The predicted molar refractivity (Wildman–Crippen MR) is 66.2 cm³/mol. The Hall–Kier alpha value is -1.64. The van der Waals surface area contributed by atoms with E-state index in [1.807, 2.05) is 13.8 Å². The van der Waals surface area contributed by atoms with E-state index < -0.39 is 0 Å². The lowest BCUT2D eigenvalue weighted by Gasteiger charge is -2.11. The molecule has 0 unspecified atom stereocenters. The Labute approximate surface area is 102 Å². The van der Waals surface area contributed by atoms with Crippen LogP contribution in [0, 0.1) is 5.92 Å². The standard InChI is InChI=1S/C14H18O3/c1-4-10(5-2)13(15)11-6-8-12(9-7-11)14(16)17-3/h6-10H,4-5H2,1-3H3. The molecule has 92 valence electrons. The molecule has 0 aliphatic carbocycles. The van der Waals surface area contributed by atoms with Gasteiger partial charge in [0.1, 0.15) is 0 Å². The lowest BCUT2D eigenvalue weighted by atomic mass is 9.93. The van der Waals surface area contributed by atoms with Crippen LogP contribution >= 0.6 is 0 Å². The van der Waals surface area contributed by atoms with Gasteiger partial charge >= 0.3 is 5.97 Å². The molecule has 0 atom stereocenters. The molecular formula is C14H18O3. The number of carbonyl (C=O) groups is 2. The number of esters is 1. The van der Waals surface area contributed by atoms with Gasteiger partial charge in [0.15, 0.2) is 5.78 Å². The molecule has 3 heteroatoms. The minimum atomic E-state index is -0.383. The number of hydrogen-bond donors (Lipinski definition) is 0. The summed E-state index contributed by atoms with van der Waals surface area (Å²) in [5, 5.41) is 0. The third-order valence-electron chi connectivity index (χ3n) is 2.95. The highest BCUT2D eigenvalue weighted by atomic mass is 16.5. The minimum absolute atomic E-state index is 0.0685. The lowest BCUT2D eigenvalue weighted by molar-refractivity contribution is 0.0600. The van der Waals surface area contributed by atoms with Gasteiger partial charge in [0.25, 0.3) is 0 Å². The fourth-order valence-corrected chi connectivity index (χ4v) is 1.78. The van der Waals surface area contributed by atoms with Crippen LogP contribution in [0.3, 0.4) is 0 Å². The van der Waals surface area contributed by atoms with Crippen molar-refractivity contribution in [1.29, 1.82) is 0 Å². The molecule has 0 fully saturated rings. The molecule has 0 saturated carbocycles. The van der Waals surface area contributed by atoms with Crippen LogP contribution in [0.1, 0.15) is 47.4 Å². The molecule has 0 saturated heterocycles. The molecule has 0 bridgehead atoms. The van der Waals surface area contributed by atoms with Gasteiger partial charge in [-0.3, -0.25) is 4.79 Å². The van der Waals surface area contributed by atoms with Gasteiger partial charge < -0.3 is 4.74 Å². The van der Waals surface area contributed by atoms with Crippen molar-refractivity contribution in [3.63, 3.8) is 0 Å². The van der Waals surface area contributed by atoms with Crippen LogP contribution in [0.15, 0.2) is 24.3 Å². The van der Waals surface area contributed by atoms with Crippen LogP contribution in [0.25, 0.3) is 0 Å². The third-order valence-corrected chi connectivity index (χ3v) is 2.95. The Morgan fingerprint density at radius 3 is 1.94 bits per heavy atom. The molecule has 0 heterocycles. The van der Waals surface area contributed by atoms with Crippen molar-refractivity contribution in [3.05, 3.63) is 35.4 Å². The molecule has 0 aliphatic heterocycles. The van der Waals surface area contributed by atoms with Crippen LogP contribution in [-0.2, 0) is 4.74 Å². The van der Waals surface area contributed by atoms with Crippen molar-refractivity contribution in [3.8, 4) is 0 Å². The molecule has 0 radical (unpaired) electrons. The number of hydrogen-bond acceptors (Lipinski definition) is 3. The van der Waals surface area contributed by atoms with E-state index >= 15 is 0 Å². The summed E-state index contributed by atoms with van der Waals surface area (Å²) in [6.07, 6.45) is 1.68. The second kappa shape index (κ2) is 6.18. The van der Waals surface area contributed by atoms with Crippen molar-refractivity contribution in [2.75, 3.05) is 7.11 Å². The van der Waals surface area contributed by atoms with E-state index in [1.54, 1.807) is 24.3 Å². The molecular weight excluding hydrogens is 216 g/mol. The fraction of sp³-hybridized carbons (Fsp3) is 0.429. The topological polar surface area (TPSA) is 43.4 Å². The average molecular weight is 234 g/mol. The lowest BCUT2D eigenvalue weighted by Crippen LogP contribution is -2.13. The van der Waals surface area contributed by atoms with Gasteiger partial charge in [0.2, 0.25) is 0 Å². The van der Waals surface area contributed by atoms with Crippen molar-refractivity contribution in [2.24, 2.45) is 5.92 Å². The van der Waals surface area contributed by atoms with Gasteiger partial charge in [-0.15, -0.1) is 0 Å². The van der Waals surface area contributed by atoms with Gasteiger partial charge in [-0.1, -0.05) is 26.0 Å². The second-order valence-corrected chi connectivity index (χ2v) is 3.95. The highest BCUT2D eigenvalue weighted by Gasteiger charge is 2.16. The summed E-state index contributed by atoms with van der Waals surface area (Å²) in [6, 6.07) is 6.63. The van der Waals surface area contributed by atoms with Crippen LogP contribution < -0.4 is 0 Å². The molecule has 0 spiro atoms. The highest BCUT2D eigenvalue weighted by Crippen LogP contribution is 2.16. The maximum atomic E-state index is 12.0. The fourth-order valence-electron chi connectivity index (χ4n) is 1.78. The molecule has 0 N–H and O–H groups in total. The Morgan fingerprint density at radius 2 is 1.53 bits per heavy atom. The zero-order chi connectivity index (χ0) is 12.8. The van der Waals surface area contributed by atoms with E-state index in [-0.39, 0.29) is 17.7 Å². The zero-order valence-electron chi connectivity index (χ0n) is 10.5. The summed E-state index contributed by atoms with van der Waals surface area (Å²) in [6.45, 7) is 4.02. The van der Waals surface area contributed by atoms with Crippen molar-refractivity contribution >= 4 is 11.8 Å². The molecule has 0 amide bonds. The number of rotatable bonds is 5. The monoisotopic (exact) mass is 234 g/mol. The molecule has 0 aliphatic rings. The smallest absolute Gasteiger partial charge is 0.337 e. The Bertz CT molecular complexity index is 388. The van der Waals surface area contributed by atoms with Crippen molar-refractivity contribution in [2.45, 2.75) is 26.7 Å². The first-order valence-electron chi connectivity index (χ1n) is 5.86.